The molecule has 2 aromatic heterocycles. The fourth-order valence-corrected chi connectivity index (χ4v) is 4.24. The molecule has 0 saturated heterocycles. The van der Waals surface area contributed by atoms with Crippen LogP contribution in [0, 0.1) is 6.92 Å². The van der Waals surface area contributed by atoms with E-state index in [0.29, 0.717) is 10.0 Å². The van der Waals surface area contributed by atoms with Crippen LogP contribution in [0.15, 0.2) is 46.1 Å². The van der Waals surface area contributed by atoms with Gasteiger partial charge in [0.15, 0.2) is 4.34 Å². The summed E-state index contributed by atoms with van der Waals surface area (Å²) >= 11 is 4.44. The standard InChI is InChI=1S/C15H13N3OS3/c1-10-7-12(20-8-10)13(19)16-14-17-18-15(22-14)21-9-11-5-3-2-4-6-11/h2-8H,9H2,1H3,(H,16,17,19). The fraction of sp³-hybridized carbons (Fsp3) is 0.133. The summed E-state index contributed by atoms with van der Waals surface area (Å²) in [4.78, 5) is 12.7. The number of hydrogen-bond donors (Lipinski definition) is 1. The maximum atomic E-state index is 12.0. The van der Waals surface area contributed by atoms with Crippen LogP contribution in [0.25, 0.3) is 0 Å². The smallest absolute Gasteiger partial charge is 0.267 e. The van der Waals surface area contributed by atoms with Gasteiger partial charge in [0.2, 0.25) is 5.13 Å². The van der Waals surface area contributed by atoms with Gasteiger partial charge in [-0.05, 0) is 29.5 Å². The molecule has 3 aromatic rings. The van der Waals surface area contributed by atoms with Crippen molar-refractivity contribution in [2.45, 2.75) is 17.0 Å². The van der Waals surface area contributed by atoms with Crippen LogP contribution in [0.2, 0.25) is 0 Å². The second-order valence-corrected chi connectivity index (χ2v) is 7.70. The number of carbonyl (C=O) groups excluding carboxylic acids is 1. The summed E-state index contributed by atoms with van der Waals surface area (Å²) in [6.45, 7) is 1.97. The minimum Gasteiger partial charge on any atom is -0.296 e. The molecule has 0 aliphatic carbocycles. The zero-order chi connectivity index (χ0) is 15.4. The molecule has 0 radical (unpaired) electrons. The van der Waals surface area contributed by atoms with Gasteiger partial charge in [0, 0.05) is 5.75 Å². The van der Waals surface area contributed by atoms with Gasteiger partial charge >= 0.3 is 0 Å². The third-order valence-electron chi connectivity index (χ3n) is 2.79. The lowest BCUT2D eigenvalue weighted by Crippen LogP contribution is -2.09. The van der Waals surface area contributed by atoms with Crippen LogP contribution in [0.5, 0.6) is 0 Å². The summed E-state index contributed by atoms with van der Waals surface area (Å²) in [6, 6.07) is 12.1. The molecule has 4 nitrogen and oxygen atoms in total. The number of benzene rings is 1. The average molecular weight is 347 g/mol. The number of hydrogen-bond acceptors (Lipinski definition) is 6. The van der Waals surface area contributed by atoms with Crippen molar-refractivity contribution in [3.8, 4) is 0 Å². The monoisotopic (exact) mass is 347 g/mol. The maximum absolute atomic E-state index is 12.0. The Balaban J connectivity index is 1.58. The van der Waals surface area contributed by atoms with E-state index < -0.39 is 0 Å². The van der Waals surface area contributed by atoms with Crippen LogP contribution < -0.4 is 5.32 Å². The number of anilines is 1. The Kier molecular flexibility index (Phi) is 4.87. The molecule has 1 amide bonds. The lowest BCUT2D eigenvalue weighted by Gasteiger charge is -1.97. The minimum absolute atomic E-state index is 0.131. The lowest BCUT2D eigenvalue weighted by molar-refractivity contribution is 0.103. The quantitative estimate of drug-likeness (QED) is 0.547. The van der Waals surface area contributed by atoms with Crippen LogP contribution in [0.4, 0.5) is 5.13 Å². The van der Waals surface area contributed by atoms with Gasteiger partial charge in [-0.3, -0.25) is 10.1 Å². The van der Waals surface area contributed by atoms with Gasteiger partial charge in [-0.2, -0.15) is 0 Å². The summed E-state index contributed by atoms with van der Waals surface area (Å²) in [5.74, 6) is 0.710. The molecule has 0 fully saturated rings. The van der Waals surface area contributed by atoms with Crippen LogP contribution in [-0.4, -0.2) is 16.1 Å². The van der Waals surface area contributed by atoms with Crippen molar-refractivity contribution in [1.82, 2.24) is 10.2 Å². The summed E-state index contributed by atoms with van der Waals surface area (Å²) < 4.78 is 0.849. The number of nitrogens with zero attached hydrogens (tertiary/aromatic N) is 2. The second kappa shape index (κ2) is 7.04. The van der Waals surface area contributed by atoms with Crippen LogP contribution in [0.3, 0.4) is 0 Å². The molecule has 0 saturated carbocycles. The molecular weight excluding hydrogens is 334 g/mol. The van der Waals surface area contributed by atoms with Gasteiger partial charge in [-0.1, -0.05) is 53.4 Å². The molecule has 1 aromatic carbocycles. The highest BCUT2D eigenvalue weighted by Gasteiger charge is 2.12. The molecule has 2 heterocycles. The van der Waals surface area contributed by atoms with E-state index in [0.717, 1.165) is 15.7 Å². The zero-order valence-electron chi connectivity index (χ0n) is 11.8. The molecule has 0 aliphatic heterocycles. The zero-order valence-corrected chi connectivity index (χ0v) is 14.2. The molecule has 0 bridgehead atoms. The van der Waals surface area contributed by atoms with E-state index in [1.807, 2.05) is 36.6 Å². The van der Waals surface area contributed by atoms with Crippen molar-refractivity contribution < 1.29 is 4.79 Å². The molecule has 7 heteroatoms. The number of rotatable bonds is 5. The Morgan fingerprint density at radius 1 is 1.27 bits per heavy atom. The Labute approximate surface area is 140 Å². The third-order valence-corrected chi connectivity index (χ3v) is 5.88. The Morgan fingerprint density at radius 2 is 2.09 bits per heavy atom. The van der Waals surface area contributed by atoms with E-state index in [-0.39, 0.29) is 5.91 Å². The van der Waals surface area contributed by atoms with Gasteiger partial charge in [0.25, 0.3) is 5.91 Å². The first kappa shape index (κ1) is 15.2. The number of thioether (sulfide) groups is 1. The molecular formula is C15H13N3OS3. The Hall–Kier alpha value is -1.70. The van der Waals surface area contributed by atoms with E-state index in [2.05, 4.69) is 27.6 Å². The topological polar surface area (TPSA) is 54.9 Å². The number of aromatic nitrogens is 2. The number of amides is 1. The first-order chi connectivity index (χ1) is 10.7. The first-order valence-corrected chi connectivity index (χ1v) is 9.25. The maximum Gasteiger partial charge on any atom is 0.267 e. The molecule has 0 atom stereocenters. The van der Waals surface area contributed by atoms with E-state index >= 15 is 0 Å². The van der Waals surface area contributed by atoms with E-state index in [9.17, 15) is 4.79 Å². The second-order valence-electron chi connectivity index (χ2n) is 4.59. The highest BCUT2D eigenvalue weighted by atomic mass is 32.2. The number of carbonyl (C=O) groups is 1. The van der Waals surface area contributed by atoms with E-state index in [1.165, 1.54) is 28.2 Å². The SMILES string of the molecule is Cc1csc(C(=O)Nc2nnc(SCc3ccccc3)s2)c1. The highest BCUT2D eigenvalue weighted by molar-refractivity contribution is 8.00. The summed E-state index contributed by atoms with van der Waals surface area (Å²) in [5, 5.41) is 13.4. The van der Waals surface area contributed by atoms with Crippen molar-refractivity contribution in [3.63, 3.8) is 0 Å². The van der Waals surface area contributed by atoms with Gasteiger partial charge in [-0.25, -0.2) is 0 Å². The van der Waals surface area contributed by atoms with Crippen molar-refractivity contribution in [2.75, 3.05) is 5.32 Å². The van der Waals surface area contributed by atoms with E-state index in [1.54, 1.807) is 11.8 Å². The third kappa shape index (κ3) is 3.94. The molecule has 22 heavy (non-hydrogen) atoms. The Bertz CT molecular complexity index is 767. The van der Waals surface area contributed by atoms with Crippen molar-refractivity contribution >= 4 is 45.5 Å². The largest absolute Gasteiger partial charge is 0.296 e. The van der Waals surface area contributed by atoms with E-state index in [4.69, 9.17) is 0 Å². The molecule has 0 unspecified atom stereocenters. The van der Waals surface area contributed by atoms with Gasteiger partial charge < -0.3 is 0 Å². The lowest BCUT2D eigenvalue weighted by atomic mass is 10.2. The summed E-state index contributed by atoms with van der Waals surface area (Å²) in [7, 11) is 0. The normalized spacial score (nSPS) is 10.6. The van der Waals surface area contributed by atoms with Crippen molar-refractivity contribution in [1.29, 1.82) is 0 Å². The average Bonchev–Trinajstić information content (AvgIpc) is 3.15. The van der Waals surface area contributed by atoms with Gasteiger partial charge in [-0.15, -0.1) is 21.5 Å². The van der Waals surface area contributed by atoms with Crippen molar-refractivity contribution in [3.05, 3.63) is 57.8 Å². The summed E-state index contributed by atoms with van der Waals surface area (Å²) in [5.41, 5.74) is 2.33. The highest BCUT2D eigenvalue weighted by Crippen LogP contribution is 2.28. The summed E-state index contributed by atoms with van der Waals surface area (Å²) in [6.07, 6.45) is 0. The van der Waals surface area contributed by atoms with Gasteiger partial charge in [0.05, 0.1) is 4.88 Å². The predicted molar refractivity (Wildman–Crippen MR) is 92.9 cm³/mol. The Morgan fingerprint density at radius 3 is 2.82 bits per heavy atom. The van der Waals surface area contributed by atoms with Crippen molar-refractivity contribution in [2.24, 2.45) is 0 Å². The first-order valence-electron chi connectivity index (χ1n) is 6.57. The number of nitrogens with one attached hydrogen (secondary N) is 1. The van der Waals surface area contributed by atoms with Gasteiger partial charge in [0.1, 0.15) is 0 Å². The van der Waals surface area contributed by atoms with Crippen LogP contribution in [-0.2, 0) is 5.75 Å². The number of aryl methyl sites for hydroxylation is 1. The molecule has 1 N–H and O–H groups in total. The fourth-order valence-electron chi connectivity index (χ4n) is 1.75. The molecule has 0 spiro atoms. The number of thiophene rings is 1. The molecule has 0 aliphatic rings. The predicted octanol–water partition coefficient (Wildman–Crippen LogP) is 4.45. The molecule has 112 valence electrons. The minimum atomic E-state index is -0.131. The van der Waals surface area contributed by atoms with Crippen LogP contribution in [0.1, 0.15) is 20.8 Å². The van der Waals surface area contributed by atoms with Crippen LogP contribution >= 0.6 is 34.4 Å². The molecule has 3 rings (SSSR count).